The molecule has 2 aliphatic heterocycles. The highest BCUT2D eigenvalue weighted by molar-refractivity contribution is 7.88. The van der Waals surface area contributed by atoms with Crippen molar-refractivity contribution in [3.05, 3.63) is 59.9 Å². The van der Waals surface area contributed by atoms with Gasteiger partial charge in [0.25, 0.3) is 5.91 Å². The van der Waals surface area contributed by atoms with Gasteiger partial charge in [0, 0.05) is 57.3 Å². The van der Waals surface area contributed by atoms with Gasteiger partial charge in [0.05, 0.1) is 18.3 Å². The standard InChI is InChI=1S/C27H35N5O5S/c1-19(10-13-29-27(35)21-6-8-22(9-7-21)30(2)3)15-25(34)31-14-11-23-26(31)24(33)17-32(23)38(36,37)18-20-5-4-12-28-16-20/h4-9,12,16,19,23,26H,10-11,13-15,17-18H2,1-3H3,(H,29,35). The summed E-state index contributed by atoms with van der Waals surface area (Å²) in [6.45, 7) is 2.50. The average Bonchev–Trinajstić information content (AvgIpc) is 3.46. The Morgan fingerprint density at radius 3 is 2.58 bits per heavy atom. The normalized spacial score (nSPS) is 20.3. The summed E-state index contributed by atoms with van der Waals surface area (Å²) >= 11 is 0. The second-order valence-electron chi connectivity index (χ2n) is 10.3. The number of carbonyl (C=O) groups is 3. The molecule has 2 aromatic rings. The Kier molecular flexibility index (Phi) is 8.47. The lowest BCUT2D eigenvalue weighted by molar-refractivity contribution is -0.137. The van der Waals surface area contributed by atoms with Crippen LogP contribution < -0.4 is 10.2 Å². The molecular weight excluding hydrogens is 506 g/mol. The highest BCUT2D eigenvalue weighted by Crippen LogP contribution is 2.33. The fraction of sp³-hybridized carbons (Fsp3) is 0.481. The minimum absolute atomic E-state index is 0.0140. The molecule has 10 nitrogen and oxygen atoms in total. The van der Waals surface area contributed by atoms with Crippen molar-refractivity contribution >= 4 is 33.3 Å². The van der Waals surface area contributed by atoms with Crippen molar-refractivity contribution in [3.63, 3.8) is 0 Å². The van der Waals surface area contributed by atoms with Gasteiger partial charge >= 0.3 is 0 Å². The van der Waals surface area contributed by atoms with Crippen LogP contribution in [0.25, 0.3) is 0 Å². The topological polar surface area (TPSA) is 120 Å². The maximum atomic E-state index is 13.1. The van der Waals surface area contributed by atoms with Gasteiger partial charge in [-0.2, -0.15) is 4.31 Å². The number of rotatable bonds is 10. The Labute approximate surface area is 224 Å². The molecule has 11 heteroatoms. The minimum Gasteiger partial charge on any atom is -0.378 e. The first-order valence-corrected chi connectivity index (χ1v) is 14.4. The smallest absolute Gasteiger partial charge is 0.251 e. The number of fused-ring (bicyclic) bond motifs is 1. The van der Waals surface area contributed by atoms with E-state index >= 15 is 0 Å². The summed E-state index contributed by atoms with van der Waals surface area (Å²) in [4.78, 5) is 45.9. The molecule has 0 bridgehead atoms. The van der Waals surface area contributed by atoms with Crippen LogP contribution in [0.2, 0.25) is 0 Å². The number of sulfonamides is 1. The van der Waals surface area contributed by atoms with Crippen molar-refractivity contribution in [1.82, 2.24) is 19.5 Å². The number of likely N-dealkylation sites (tertiary alicyclic amines) is 1. The lowest BCUT2D eigenvalue weighted by Gasteiger charge is -2.25. The van der Waals surface area contributed by atoms with Crippen molar-refractivity contribution in [1.29, 1.82) is 0 Å². The molecule has 1 N–H and O–H groups in total. The molecule has 2 amide bonds. The third-order valence-electron chi connectivity index (χ3n) is 7.22. The van der Waals surface area contributed by atoms with Crippen LogP contribution in [-0.2, 0) is 25.4 Å². The van der Waals surface area contributed by atoms with Gasteiger partial charge in [-0.25, -0.2) is 8.42 Å². The number of benzene rings is 1. The molecule has 3 heterocycles. The SMILES string of the molecule is CC(CCNC(=O)c1ccc(N(C)C)cc1)CC(=O)N1CCC2C1C(=O)CN2S(=O)(=O)Cc1cccnc1. The molecule has 1 aromatic carbocycles. The lowest BCUT2D eigenvalue weighted by Crippen LogP contribution is -2.44. The number of nitrogens with one attached hydrogen (secondary N) is 1. The maximum absolute atomic E-state index is 13.1. The van der Waals surface area contributed by atoms with Crippen LogP contribution in [0.4, 0.5) is 5.69 Å². The van der Waals surface area contributed by atoms with Crippen molar-refractivity contribution in [2.45, 2.75) is 44.0 Å². The number of Topliss-reactive ketones (excluding diaryl/α,β-unsaturated/α-hetero) is 1. The fourth-order valence-corrected chi connectivity index (χ4v) is 6.87. The van der Waals surface area contributed by atoms with E-state index in [1.165, 1.54) is 10.5 Å². The molecule has 4 rings (SSSR count). The van der Waals surface area contributed by atoms with Crippen LogP contribution in [0.15, 0.2) is 48.8 Å². The molecule has 3 atom stereocenters. The van der Waals surface area contributed by atoms with Gasteiger partial charge in [0.1, 0.15) is 6.04 Å². The van der Waals surface area contributed by atoms with Gasteiger partial charge in [-0.3, -0.25) is 19.4 Å². The Morgan fingerprint density at radius 1 is 1.18 bits per heavy atom. The van der Waals surface area contributed by atoms with E-state index in [2.05, 4.69) is 10.3 Å². The second-order valence-corrected chi connectivity index (χ2v) is 12.2. The first-order chi connectivity index (χ1) is 18.1. The monoisotopic (exact) mass is 541 g/mol. The van der Waals surface area contributed by atoms with Gasteiger partial charge in [0.2, 0.25) is 15.9 Å². The minimum atomic E-state index is -3.73. The molecule has 0 spiro atoms. The summed E-state index contributed by atoms with van der Waals surface area (Å²) < 4.78 is 27.4. The third-order valence-corrected chi connectivity index (χ3v) is 9.03. The van der Waals surface area contributed by atoms with E-state index in [0.29, 0.717) is 37.1 Å². The zero-order valence-corrected chi connectivity index (χ0v) is 22.9. The van der Waals surface area contributed by atoms with Crippen LogP contribution in [-0.4, -0.2) is 86.0 Å². The number of carbonyl (C=O) groups excluding carboxylic acids is 3. The van der Waals surface area contributed by atoms with Gasteiger partial charge in [-0.15, -0.1) is 0 Å². The summed E-state index contributed by atoms with van der Waals surface area (Å²) in [6.07, 6.45) is 4.35. The van der Waals surface area contributed by atoms with Gasteiger partial charge in [-0.05, 0) is 54.7 Å². The predicted molar refractivity (Wildman–Crippen MR) is 144 cm³/mol. The molecule has 2 saturated heterocycles. The van der Waals surface area contributed by atoms with Crippen LogP contribution in [0.3, 0.4) is 0 Å². The number of pyridine rings is 1. The molecular formula is C27H35N5O5S. The molecule has 3 unspecified atom stereocenters. The van der Waals surface area contributed by atoms with E-state index in [9.17, 15) is 22.8 Å². The molecule has 0 saturated carbocycles. The van der Waals surface area contributed by atoms with Crippen molar-refractivity contribution < 1.29 is 22.8 Å². The molecule has 38 heavy (non-hydrogen) atoms. The molecule has 1 aromatic heterocycles. The van der Waals surface area contributed by atoms with Gasteiger partial charge in [0.15, 0.2) is 5.78 Å². The predicted octanol–water partition coefficient (Wildman–Crippen LogP) is 1.68. The van der Waals surface area contributed by atoms with Crippen LogP contribution in [0.5, 0.6) is 0 Å². The number of ketones is 1. The average molecular weight is 542 g/mol. The number of nitrogens with zero attached hydrogens (tertiary/aromatic N) is 4. The Balaban J connectivity index is 1.28. The van der Waals surface area contributed by atoms with E-state index < -0.39 is 22.1 Å². The zero-order valence-electron chi connectivity index (χ0n) is 22.0. The first-order valence-electron chi connectivity index (χ1n) is 12.8. The Morgan fingerprint density at radius 2 is 1.92 bits per heavy atom. The third kappa shape index (κ3) is 6.21. The summed E-state index contributed by atoms with van der Waals surface area (Å²) in [6, 6.07) is 9.43. The molecule has 204 valence electrons. The summed E-state index contributed by atoms with van der Waals surface area (Å²) in [5.41, 5.74) is 2.14. The van der Waals surface area contributed by atoms with Gasteiger partial charge in [-0.1, -0.05) is 13.0 Å². The van der Waals surface area contributed by atoms with E-state index in [1.54, 1.807) is 35.4 Å². The number of anilines is 1. The van der Waals surface area contributed by atoms with Crippen molar-refractivity contribution in [2.24, 2.45) is 5.92 Å². The summed E-state index contributed by atoms with van der Waals surface area (Å²) in [5, 5.41) is 2.90. The van der Waals surface area contributed by atoms with E-state index in [0.717, 1.165) is 5.69 Å². The highest BCUT2D eigenvalue weighted by Gasteiger charge is 2.53. The molecule has 2 fully saturated rings. The van der Waals surface area contributed by atoms with Crippen LogP contribution in [0.1, 0.15) is 42.1 Å². The number of hydrogen-bond donors (Lipinski definition) is 1. The fourth-order valence-electron chi connectivity index (χ4n) is 5.15. The highest BCUT2D eigenvalue weighted by atomic mass is 32.2. The summed E-state index contributed by atoms with van der Waals surface area (Å²) in [5.74, 6) is -0.806. The Bertz CT molecular complexity index is 1270. The van der Waals surface area contributed by atoms with Crippen LogP contribution >= 0.6 is 0 Å². The van der Waals surface area contributed by atoms with Crippen molar-refractivity contribution in [2.75, 3.05) is 38.6 Å². The van der Waals surface area contributed by atoms with E-state index in [1.807, 2.05) is 38.1 Å². The number of aromatic nitrogens is 1. The van der Waals surface area contributed by atoms with E-state index in [-0.39, 0.29) is 42.2 Å². The Hall–Kier alpha value is -3.31. The first kappa shape index (κ1) is 27.7. The second kappa shape index (κ2) is 11.6. The van der Waals surface area contributed by atoms with Crippen molar-refractivity contribution in [3.8, 4) is 0 Å². The van der Waals surface area contributed by atoms with Crippen LogP contribution in [0, 0.1) is 5.92 Å². The molecule has 2 aliphatic rings. The quantitative estimate of drug-likeness (QED) is 0.486. The maximum Gasteiger partial charge on any atom is 0.251 e. The zero-order chi connectivity index (χ0) is 27.4. The van der Waals surface area contributed by atoms with Gasteiger partial charge < -0.3 is 15.1 Å². The lowest BCUT2D eigenvalue weighted by atomic mass is 10.0. The number of hydrogen-bond acceptors (Lipinski definition) is 7. The van der Waals surface area contributed by atoms with E-state index in [4.69, 9.17) is 0 Å². The molecule has 0 radical (unpaired) electrons. The summed E-state index contributed by atoms with van der Waals surface area (Å²) in [7, 11) is 0.140. The number of amides is 2. The molecule has 0 aliphatic carbocycles. The largest absolute Gasteiger partial charge is 0.378 e.